The Labute approximate surface area is 72.8 Å². The Hall–Kier alpha value is -1.16. The van der Waals surface area contributed by atoms with Gasteiger partial charge in [0.25, 0.3) is 0 Å². The maximum absolute atomic E-state index is 13.0. The van der Waals surface area contributed by atoms with Crippen molar-refractivity contribution in [3.8, 4) is 0 Å². The van der Waals surface area contributed by atoms with Crippen molar-refractivity contribution in [3.05, 3.63) is 30.1 Å². The first-order chi connectivity index (χ1) is 5.81. The highest BCUT2D eigenvalue weighted by atomic mass is 35.5. The van der Waals surface area contributed by atoms with E-state index in [0.717, 1.165) is 0 Å². The van der Waals surface area contributed by atoms with E-state index in [2.05, 4.69) is 9.97 Å². The van der Waals surface area contributed by atoms with E-state index < -0.39 is 0 Å². The lowest BCUT2D eigenvalue weighted by molar-refractivity contribution is 0.564. The Morgan fingerprint density at radius 2 is 2.42 bits per heavy atom. The van der Waals surface area contributed by atoms with Crippen LogP contribution in [0.5, 0.6) is 0 Å². The lowest BCUT2D eigenvalue weighted by atomic mass is 10.6. The van der Waals surface area contributed by atoms with E-state index in [9.17, 15) is 4.39 Å². The zero-order chi connectivity index (χ0) is 8.55. The van der Waals surface area contributed by atoms with Gasteiger partial charge in [0.1, 0.15) is 0 Å². The van der Waals surface area contributed by atoms with Crippen molar-refractivity contribution in [1.29, 1.82) is 0 Å². The molecule has 2 rings (SSSR count). The standard InChI is InChI=1S/C7H5ClFN3/c8-3-5-4-12-6(9)1-2-10-7(12)11-5/h1-2,4H,3H2. The number of halogens is 2. The Morgan fingerprint density at radius 3 is 3.08 bits per heavy atom. The average molecular weight is 186 g/mol. The summed E-state index contributed by atoms with van der Waals surface area (Å²) in [5, 5.41) is 0. The van der Waals surface area contributed by atoms with Gasteiger partial charge >= 0.3 is 0 Å². The van der Waals surface area contributed by atoms with Gasteiger partial charge in [0, 0.05) is 18.5 Å². The van der Waals surface area contributed by atoms with Gasteiger partial charge in [-0.2, -0.15) is 4.39 Å². The fourth-order valence-electron chi connectivity index (χ4n) is 0.976. The second-order valence-electron chi connectivity index (χ2n) is 2.30. The van der Waals surface area contributed by atoms with Gasteiger partial charge in [0.15, 0.2) is 0 Å². The molecule has 0 aliphatic heterocycles. The number of nitrogens with zero attached hydrogens (tertiary/aromatic N) is 3. The molecule has 0 spiro atoms. The molecule has 2 aromatic heterocycles. The Bertz CT molecular complexity index is 412. The quantitative estimate of drug-likeness (QED) is 0.499. The third-order valence-corrected chi connectivity index (χ3v) is 1.78. The van der Waals surface area contributed by atoms with E-state index in [0.29, 0.717) is 11.5 Å². The van der Waals surface area contributed by atoms with Crippen LogP contribution in [0, 0.1) is 5.95 Å². The van der Waals surface area contributed by atoms with E-state index in [1.165, 1.54) is 22.9 Å². The van der Waals surface area contributed by atoms with Crippen LogP contribution in [0.3, 0.4) is 0 Å². The summed E-state index contributed by atoms with van der Waals surface area (Å²) in [5.74, 6) is 0.220. The van der Waals surface area contributed by atoms with Crippen LogP contribution in [-0.4, -0.2) is 14.4 Å². The van der Waals surface area contributed by atoms with Crippen molar-refractivity contribution in [2.24, 2.45) is 0 Å². The van der Waals surface area contributed by atoms with Crippen LogP contribution in [0.2, 0.25) is 0 Å². The highest BCUT2D eigenvalue weighted by Gasteiger charge is 2.03. The minimum absolute atomic E-state index is 0.267. The van der Waals surface area contributed by atoms with Crippen LogP contribution < -0.4 is 0 Å². The molecule has 0 aromatic carbocycles. The molecule has 2 aromatic rings. The molecule has 0 saturated heterocycles. The fraction of sp³-hybridized carbons (Fsp3) is 0.143. The molecule has 62 valence electrons. The first-order valence-electron chi connectivity index (χ1n) is 3.35. The monoisotopic (exact) mass is 185 g/mol. The van der Waals surface area contributed by atoms with Crippen LogP contribution in [0.25, 0.3) is 5.78 Å². The molecule has 5 heteroatoms. The molecular formula is C7H5ClFN3. The lowest BCUT2D eigenvalue weighted by Crippen LogP contribution is -1.91. The minimum Gasteiger partial charge on any atom is -0.260 e. The molecule has 0 saturated carbocycles. The number of aromatic nitrogens is 3. The summed E-state index contributed by atoms with van der Waals surface area (Å²) in [4.78, 5) is 7.84. The summed E-state index contributed by atoms with van der Waals surface area (Å²) in [6.45, 7) is 0. The summed E-state index contributed by atoms with van der Waals surface area (Å²) in [7, 11) is 0. The summed E-state index contributed by atoms with van der Waals surface area (Å²) in [5.41, 5.74) is 0.620. The maximum Gasteiger partial charge on any atom is 0.236 e. The van der Waals surface area contributed by atoms with Crippen molar-refractivity contribution < 1.29 is 4.39 Å². The van der Waals surface area contributed by atoms with Gasteiger partial charge in [0.2, 0.25) is 11.7 Å². The van der Waals surface area contributed by atoms with Crippen LogP contribution in [0.1, 0.15) is 5.69 Å². The summed E-state index contributed by atoms with van der Waals surface area (Å²) in [6, 6.07) is 1.27. The number of alkyl halides is 1. The molecule has 3 nitrogen and oxygen atoms in total. The predicted octanol–water partition coefficient (Wildman–Crippen LogP) is 1.61. The number of rotatable bonds is 1. The number of hydrogen-bond donors (Lipinski definition) is 0. The van der Waals surface area contributed by atoms with Crippen molar-refractivity contribution in [2.45, 2.75) is 5.88 Å². The predicted molar refractivity (Wildman–Crippen MR) is 42.5 cm³/mol. The van der Waals surface area contributed by atoms with E-state index >= 15 is 0 Å². The summed E-state index contributed by atoms with van der Waals surface area (Å²) in [6.07, 6.45) is 2.90. The molecule has 0 radical (unpaired) electrons. The minimum atomic E-state index is -0.385. The van der Waals surface area contributed by atoms with Crippen LogP contribution in [0.4, 0.5) is 4.39 Å². The van der Waals surface area contributed by atoms with Gasteiger partial charge in [-0.15, -0.1) is 11.6 Å². The zero-order valence-electron chi connectivity index (χ0n) is 6.04. The topological polar surface area (TPSA) is 30.2 Å². The number of imidazole rings is 1. The van der Waals surface area contributed by atoms with Crippen molar-refractivity contribution >= 4 is 17.4 Å². The highest BCUT2D eigenvalue weighted by Crippen LogP contribution is 2.06. The van der Waals surface area contributed by atoms with Crippen LogP contribution >= 0.6 is 11.6 Å². The van der Waals surface area contributed by atoms with Crippen molar-refractivity contribution in [2.75, 3.05) is 0 Å². The van der Waals surface area contributed by atoms with Gasteiger partial charge < -0.3 is 0 Å². The second kappa shape index (κ2) is 2.71. The Morgan fingerprint density at radius 1 is 1.58 bits per heavy atom. The van der Waals surface area contributed by atoms with Gasteiger partial charge in [-0.05, 0) is 0 Å². The molecule has 0 aliphatic carbocycles. The van der Waals surface area contributed by atoms with E-state index in [1.54, 1.807) is 0 Å². The molecule has 2 heterocycles. The van der Waals surface area contributed by atoms with E-state index in [4.69, 9.17) is 11.6 Å². The van der Waals surface area contributed by atoms with E-state index in [1.807, 2.05) is 0 Å². The van der Waals surface area contributed by atoms with Gasteiger partial charge in [-0.1, -0.05) is 0 Å². The molecule has 0 fully saturated rings. The molecule has 0 bridgehead atoms. The van der Waals surface area contributed by atoms with Crippen LogP contribution in [-0.2, 0) is 5.88 Å². The maximum atomic E-state index is 13.0. The molecule has 0 unspecified atom stereocenters. The van der Waals surface area contributed by atoms with E-state index in [-0.39, 0.29) is 11.8 Å². The first kappa shape index (κ1) is 7.49. The molecule has 0 N–H and O–H groups in total. The lowest BCUT2D eigenvalue weighted by Gasteiger charge is -1.90. The molecule has 0 atom stereocenters. The van der Waals surface area contributed by atoms with Gasteiger partial charge in [-0.3, -0.25) is 4.40 Å². The molecular weight excluding hydrogens is 181 g/mol. The summed E-state index contributed by atoms with van der Waals surface area (Å²) >= 11 is 5.52. The largest absolute Gasteiger partial charge is 0.260 e. The third-order valence-electron chi connectivity index (χ3n) is 1.51. The van der Waals surface area contributed by atoms with Crippen molar-refractivity contribution in [1.82, 2.24) is 14.4 Å². The third kappa shape index (κ3) is 1.04. The fourth-order valence-corrected chi connectivity index (χ4v) is 1.11. The molecule has 0 amide bonds. The number of hydrogen-bond acceptors (Lipinski definition) is 2. The second-order valence-corrected chi connectivity index (χ2v) is 2.57. The summed E-state index contributed by atoms with van der Waals surface area (Å²) < 4.78 is 14.2. The zero-order valence-corrected chi connectivity index (χ0v) is 6.79. The molecule has 12 heavy (non-hydrogen) atoms. The highest BCUT2D eigenvalue weighted by molar-refractivity contribution is 6.16. The SMILES string of the molecule is Fc1ccnc2nc(CCl)cn12. The normalized spacial score (nSPS) is 10.8. The van der Waals surface area contributed by atoms with Gasteiger partial charge in [0.05, 0.1) is 11.6 Å². The van der Waals surface area contributed by atoms with Crippen molar-refractivity contribution in [3.63, 3.8) is 0 Å². The van der Waals surface area contributed by atoms with Crippen LogP contribution in [0.15, 0.2) is 18.5 Å². The molecule has 0 aliphatic rings. The first-order valence-corrected chi connectivity index (χ1v) is 3.89. The Balaban J connectivity index is 2.74. The smallest absolute Gasteiger partial charge is 0.236 e. The van der Waals surface area contributed by atoms with Gasteiger partial charge in [-0.25, -0.2) is 9.97 Å². The number of fused-ring (bicyclic) bond motifs is 1. The Kier molecular flexibility index (Phi) is 1.69. The average Bonchev–Trinajstić information content (AvgIpc) is 2.49.